The Kier molecular flexibility index (Phi) is 6.54. The fourth-order valence-corrected chi connectivity index (χ4v) is 6.46. The average molecular weight is 507 g/mol. The maximum Gasteiger partial charge on any atom is 0.400 e. The van der Waals surface area contributed by atoms with E-state index in [1.807, 2.05) is 0 Å². The summed E-state index contributed by atoms with van der Waals surface area (Å²) in [4.78, 5) is 12.6. The predicted molar refractivity (Wildman–Crippen MR) is 115 cm³/mol. The number of carbonyl (C=O) groups excluding carboxylic acids is 1. The number of benzene rings is 1. The summed E-state index contributed by atoms with van der Waals surface area (Å²) >= 11 is 0. The first-order valence-corrected chi connectivity index (χ1v) is 13.0. The predicted octanol–water partition coefficient (Wildman–Crippen LogP) is 3.84. The summed E-state index contributed by atoms with van der Waals surface area (Å²) in [5.74, 6) is -1.24. The van der Waals surface area contributed by atoms with Crippen LogP contribution in [0.1, 0.15) is 91.1 Å². The molecule has 34 heavy (non-hydrogen) atoms. The monoisotopic (exact) mass is 506 g/mol. The van der Waals surface area contributed by atoms with Gasteiger partial charge in [-0.1, -0.05) is 6.07 Å². The van der Waals surface area contributed by atoms with Gasteiger partial charge in [0, 0.05) is 18.3 Å². The van der Waals surface area contributed by atoms with E-state index in [4.69, 9.17) is 9.29 Å². The molecule has 190 valence electrons. The van der Waals surface area contributed by atoms with Crippen LogP contribution in [0.4, 0.5) is 13.2 Å². The van der Waals surface area contributed by atoms with Crippen molar-refractivity contribution in [2.45, 2.75) is 92.3 Å². The summed E-state index contributed by atoms with van der Waals surface area (Å²) in [7, 11) is -5.94. The van der Waals surface area contributed by atoms with Crippen molar-refractivity contribution >= 4 is 16.1 Å². The number of fused-ring (bicyclic) bond motifs is 5. The van der Waals surface area contributed by atoms with Crippen molar-refractivity contribution in [1.29, 1.82) is 0 Å². The Hall–Kier alpha value is -1.69. The summed E-state index contributed by atoms with van der Waals surface area (Å²) in [6.07, 6.45) is 0.989. The first-order chi connectivity index (χ1) is 15.8. The number of ether oxygens (including phenoxy) is 1. The van der Waals surface area contributed by atoms with E-state index >= 15 is 0 Å². The highest BCUT2D eigenvalue weighted by Crippen LogP contribution is 2.55. The van der Waals surface area contributed by atoms with E-state index in [0.29, 0.717) is 25.7 Å². The van der Waals surface area contributed by atoms with Gasteiger partial charge in [-0.2, -0.15) is 17.2 Å². The van der Waals surface area contributed by atoms with Crippen LogP contribution in [-0.2, 0) is 14.9 Å². The van der Waals surface area contributed by atoms with Gasteiger partial charge < -0.3 is 14.9 Å². The maximum absolute atomic E-state index is 13.7. The molecule has 2 fully saturated rings. The maximum atomic E-state index is 13.7. The quantitative estimate of drug-likeness (QED) is 0.396. The molecule has 0 bridgehead atoms. The minimum absolute atomic E-state index is 0.0899. The van der Waals surface area contributed by atoms with Crippen LogP contribution in [0, 0.1) is 0 Å². The molecule has 3 aliphatic carbocycles. The van der Waals surface area contributed by atoms with Gasteiger partial charge >= 0.3 is 21.3 Å². The molecule has 7 nitrogen and oxygen atoms in total. The number of rotatable bonds is 6. The molecule has 11 heteroatoms. The van der Waals surface area contributed by atoms with Crippen molar-refractivity contribution < 1.29 is 45.9 Å². The van der Waals surface area contributed by atoms with E-state index in [1.54, 1.807) is 12.1 Å². The van der Waals surface area contributed by atoms with Crippen LogP contribution >= 0.6 is 0 Å². The molecule has 3 N–H and O–H groups in total. The third-order valence-corrected chi connectivity index (χ3v) is 8.82. The number of halogens is 3. The largest absolute Gasteiger partial charge is 0.462 e. The molecule has 0 aliphatic heterocycles. The summed E-state index contributed by atoms with van der Waals surface area (Å²) in [6, 6.07) is 4.83. The Labute approximate surface area is 196 Å². The van der Waals surface area contributed by atoms with Crippen molar-refractivity contribution in [2.75, 3.05) is 6.61 Å². The summed E-state index contributed by atoms with van der Waals surface area (Å²) in [6.45, 7) is -0.821. The Morgan fingerprint density at radius 3 is 2.18 bits per heavy atom. The van der Waals surface area contributed by atoms with Gasteiger partial charge in [0.25, 0.3) is 0 Å². The number of aliphatic hydroxyl groups is 2. The molecule has 3 aliphatic rings. The van der Waals surface area contributed by atoms with Crippen molar-refractivity contribution in [3.8, 4) is 0 Å². The van der Waals surface area contributed by atoms with E-state index in [1.165, 1.54) is 6.07 Å². The van der Waals surface area contributed by atoms with Gasteiger partial charge in [-0.15, -0.1) is 0 Å². The lowest BCUT2D eigenvalue weighted by molar-refractivity contribution is -0.0370. The number of carbonyl (C=O) groups is 1. The van der Waals surface area contributed by atoms with E-state index < -0.39 is 51.7 Å². The van der Waals surface area contributed by atoms with Crippen molar-refractivity contribution in [3.05, 3.63) is 34.9 Å². The van der Waals surface area contributed by atoms with Crippen LogP contribution in [0.15, 0.2) is 18.2 Å². The second kappa shape index (κ2) is 8.76. The van der Waals surface area contributed by atoms with Gasteiger partial charge in [0.1, 0.15) is 0 Å². The number of alkyl halides is 3. The first kappa shape index (κ1) is 25.4. The van der Waals surface area contributed by atoms with Crippen molar-refractivity contribution in [1.82, 2.24) is 0 Å². The first-order valence-electron chi connectivity index (χ1n) is 11.5. The molecule has 0 spiro atoms. The van der Waals surface area contributed by atoms with Gasteiger partial charge in [-0.05, 0) is 74.6 Å². The zero-order valence-corrected chi connectivity index (χ0v) is 19.4. The number of hydrogen-bond acceptors (Lipinski definition) is 6. The Balaban J connectivity index is 1.55. The molecule has 0 amide bonds. The average Bonchev–Trinajstić information content (AvgIpc) is 3.33. The van der Waals surface area contributed by atoms with Crippen LogP contribution in [0.5, 0.6) is 0 Å². The molecule has 1 aromatic rings. The van der Waals surface area contributed by atoms with Gasteiger partial charge in [0.2, 0.25) is 0 Å². The third kappa shape index (κ3) is 4.36. The van der Waals surface area contributed by atoms with E-state index in [0.717, 1.165) is 36.8 Å². The van der Waals surface area contributed by atoms with Gasteiger partial charge in [0.05, 0.1) is 23.4 Å². The van der Waals surface area contributed by atoms with E-state index in [9.17, 15) is 36.6 Å². The highest BCUT2D eigenvalue weighted by molar-refractivity contribution is 7.86. The van der Waals surface area contributed by atoms with Gasteiger partial charge in [-0.3, -0.25) is 4.55 Å². The Bertz CT molecular complexity index is 1060. The smallest absolute Gasteiger partial charge is 0.400 e. The topological polar surface area (TPSA) is 121 Å². The standard InChI is InChI=1S/C23H29F3O7S/c24-19(23(25,26)34(30,31)32)7-12-33-20(27)14-5-6-15-16(13-14)18-4-2-9-22(18,29)11-10-21(28)8-1-3-17(15)21/h5-6,13,17-19,28-29H,1-4,7-12H2,(H,30,31,32)/t17?,18-,19?,21?,22?/m1/s1. The minimum atomic E-state index is -5.94. The third-order valence-electron chi connectivity index (χ3n) is 7.88. The highest BCUT2D eigenvalue weighted by Gasteiger charge is 2.53. The molecule has 4 unspecified atom stereocenters. The fraction of sp³-hybridized carbons (Fsp3) is 0.696. The zero-order chi connectivity index (χ0) is 24.9. The summed E-state index contributed by atoms with van der Waals surface area (Å²) in [5, 5.41) is 17.7. The SMILES string of the molecule is O=C(OCCC(F)C(F)(F)S(=O)(=O)O)c1ccc2c(c1)[C@H]1CCCC1(O)CCC1(O)CCCC21. The van der Waals surface area contributed by atoms with Crippen LogP contribution in [0.25, 0.3) is 0 Å². The molecular formula is C23H29F3O7S. The second-order valence-corrected chi connectivity index (χ2v) is 11.4. The molecule has 0 heterocycles. The van der Waals surface area contributed by atoms with Crippen molar-refractivity contribution in [2.24, 2.45) is 0 Å². The number of hydrogen-bond donors (Lipinski definition) is 3. The summed E-state index contributed by atoms with van der Waals surface area (Å²) < 4.78 is 75.0. The minimum Gasteiger partial charge on any atom is -0.462 e. The lowest BCUT2D eigenvalue weighted by atomic mass is 9.69. The lowest BCUT2D eigenvalue weighted by Crippen LogP contribution is -2.41. The number of esters is 1. The van der Waals surface area contributed by atoms with Crippen LogP contribution < -0.4 is 0 Å². The van der Waals surface area contributed by atoms with Crippen LogP contribution in [-0.4, -0.2) is 58.4 Å². The molecule has 0 saturated heterocycles. The second-order valence-electron chi connectivity index (χ2n) is 9.87. The molecule has 4 rings (SSSR count). The lowest BCUT2D eigenvalue weighted by Gasteiger charge is -2.41. The zero-order valence-electron chi connectivity index (χ0n) is 18.6. The van der Waals surface area contributed by atoms with Gasteiger partial charge in [0.15, 0.2) is 6.17 Å². The molecule has 0 radical (unpaired) electrons. The van der Waals surface area contributed by atoms with Crippen LogP contribution in [0.3, 0.4) is 0 Å². The highest BCUT2D eigenvalue weighted by atomic mass is 32.2. The van der Waals surface area contributed by atoms with E-state index in [2.05, 4.69) is 0 Å². The van der Waals surface area contributed by atoms with E-state index in [-0.39, 0.29) is 17.4 Å². The molecule has 0 aromatic heterocycles. The summed E-state index contributed by atoms with van der Waals surface area (Å²) in [5.41, 5.74) is -0.177. The molecule has 2 saturated carbocycles. The molecule has 1 aromatic carbocycles. The van der Waals surface area contributed by atoms with Crippen LogP contribution in [0.2, 0.25) is 0 Å². The molecule has 5 atom stereocenters. The Morgan fingerprint density at radius 2 is 1.62 bits per heavy atom. The normalized spacial score (nSPS) is 32.2. The van der Waals surface area contributed by atoms with Crippen molar-refractivity contribution in [3.63, 3.8) is 0 Å². The van der Waals surface area contributed by atoms with Gasteiger partial charge in [-0.25, -0.2) is 9.18 Å². The fourth-order valence-electron chi connectivity index (χ4n) is 6.02. The Morgan fingerprint density at radius 1 is 1.06 bits per heavy atom. The molecular weight excluding hydrogens is 477 g/mol.